The second-order valence-electron chi connectivity index (χ2n) is 3.61. The zero-order valence-electron chi connectivity index (χ0n) is 8.69. The molecule has 0 aliphatic carbocycles. The molecule has 1 aliphatic heterocycles. The maximum absolute atomic E-state index is 12.3. The fraction of sp³-hybridized carbons (Fsp3) is 0.700. The van der Waals surface area contributed by atoms with Crippen LogP contribution in [0.15, 0.2) is 11.6 Å². The summed E-state index contributed by atoms with van der Waals surface area (Å²) in [6.45, 7) is 0.197. The van der Waals surface area contributed by atoms with Crippen molar-refractivity contribution in [3.05, 3.63) is 11.6 Å². The minimum Gasteiger partial charge on any atom is -0.339 e. The number of alkyl halides is 4. The van der Waals surface area contributed by atoms with E-state index in [-0.39, 0.29) is 25.4 Å². The van der Waals surface area contributed by atoms with E-state index in [1.807, 2.05) is 0 Å². The van der Waals surface area contributed by atoms with Crippen molar-refractivity contribution in [1.82, 2.24) is 4.90 Å². The van der Waals surface area contributed by atoms with Crippen molar-refractivity contribution >= 4 is 17.5 Å². The van der Waals surface area contributed by atoms with Gasteiger partial charge >= 0.3 is 6.18 Å². The van der Waals surface area contributed by atoms with Gasteiger partial charge < -0.3 is 4.90 Å². The Labute approximate surface area is 97.0 Å². The monoisotopic (exact) mass is 255 g/mol. The van der Waals surface area contributed by atoms with Gasteiger partial charge in [0.1, 0.15) is 0 Å². The molecule has 2 nitrogen and oxygen atoms in total. The standard InChI is InChI=1S/C10H13ClF3NO/c11-5-1-2-9(16)15-6-3-8(4-7-15)10(12,13)14/h3H,1-2,4-7H2. The Balaban J connectivity index is 2.48. The smallest absolute Gasteiger partial charge is 0.339 e. The van der Waals surface area contributed by atoms with Gasteiger partial charge in [-0.05, 0) is 12.8 Å². The highest BCUT2D eigenvalue weighted by molar-refractivity contribution is 6.17. The van der Waals surface area contributed by atoms with Crippen molar-refractivity contribution < 1.29 is 18.0 Å². The van der Waals surface area contributed by atoms with E-state index in [0.717, 1.165) is 6.08 Å². The van der Waals surface area contributed by atoms with Gasteiger partial charge in [-0.3, -0.25) is 4.79 Å². The quantitative estimate of drug-likeness (QED) is 0.561. The molecule has 0 unspecified atom stereocenters. The minimum atomic E-state index is -4.26. The van der Waals surface area contributed by atoms with Crippen LogP contribution >= 0.6 is 11.6 Å². The van der Waals surface area contributed by atoms with Crippen LogP contribution < -0.4 is 0 Å². The molecule has 0 N–H and O–H groups in total. The zero-order chi connectivity index (χ0) is 12.2. The van der Waals surface area contributed by atoms with Gasteiger partial charge in [-0.1, -0.05) is 6.08 Å². The van der Waals surface area contributed by atoms with Crippen LogP contribution in [0.25, 0.3) is 0 Å². The molecule has 16 heavy (non-hydrogen) atoms. The maximum Gasteiger partial charge on any atom is 0.412 e. The fourth-order valence-electron chi connectivity index (χ4n) is 1.53. The van der Waals surface area contributed by atoms with E-state index in [2.05, 4.69) is 0 Å². The van der Waals surface area contributed by atoms with Crippen LogP contribution in [-0.4, -0.2) is 36.0 Å². The first kappa shape index (κ1) is 13.4. The van der Waals surface area contributed by atoms with Gasteiger partial charge in [-0.2, -0.15) is 13.2 Å². The molecule has 0 fully saturated rings. The van der Waals surface area contributed by atoms with Gasteiger partial charge in [-0.25, -0.2) is 0 Å². The van der Waals surface area contributed by atoms with Crippen LogP contribution in [0.2, 0.25) is 0 Å². The van der Waals surface area contributed by atoms with Crippen molar-refractivity contribution in [3.63, 3.8) is 0 Å². The summed E-state index contributed by atoms with van der Waals surface area (Å²) in [5, 5.41) is 0. The molecule has 0 aromatic heterocycles. The van der Waals surface area contributed by atoms with Crippen LogP contribution in [0.4, 0.5) is 13.2 Å². The number of carbonyl (C=O) groups is 1. The first-order valence-corrected chi connectivity index (χ1v) is 5.58. The van der Waals surface area contributed by atoms with Gasteiger partial charge in [0.15, 0.2) is 0 Å². The van der Waals surface area contributed by atoms with E-state index in [1.165, 1.54) is 4.90 Å². The third-order valence-electron chi connectivity index (χ3n) is 2.45. The Morgan fingerprint density at radius 3 is 2.62 bits per heavy atom. The van der Waals surface area contributed by atoms with Gasteiger partial charge in [0.25, 0.3) is 0 Å². The number of hydrogen-bond acceptors (Lipinski definition) is 1. The summed E-state index contributed by atoms with van der Waals surface area (Å²) in [7, 11) is 0. The Morgan fingerprint density at radius 2 is 2.19 bits per heavy atom. The van der Waals surface area contributed by atoms with Crippen molar-refractivity contribution in [3.8, 4) is 0 Å². The summed E-state index contributed by atoms with van der Waals surface area (Å²) in [5.74, 6) is 0.265. The van der Waals surface area contributed by atoms with E-state index in [1.54, 1.807) is 0 Å². The molecule has 6 heteroatoms. The molecule has 1 rings (SSSR count). The van der Waals surface area contributed by atoms with Gasteiger partial charge in [0, 0.05) is 31.0 Å². The summed E-state index contributed by atoms with van der Waals surface area (Å²) in [5.41, 5.74) is -0.533. The molecule has 0 saturated carbocycles. The molecule has 1 aliphatic rings. The van der Waals surface area contributed by atoms with Crippen LogP contribution in [0, 0.1) is 0 Å². The highest BCUT2D eigenvalue weighted by atomic mass is 35.5. The Kier molecular flexibility index (Phi) is 4.65. The van der Waals surface area contributed by atoms with Crippen molar-refractivity contribution in [2.75, 3.05) is 19.0 Å². The predicted octanol–water partition coefficient (Wildman–Crippen LogP) is 2.73. The lowest BCUT2D eigenvalue weighted by atomic mass is 10.1. The Morgan fingerprint density at radius 1 is 1.50 bits per heavy atom. The van der Waals surface area contributed by atoms with E-state index in [9.17, 15) is 18.0 Å². The van der Waals surface area contributed by atoms with E-state index in [4.69, 9.17) is 11.6 Å². The highest BCUT2D eigenvalue weighted by Crippen LogP contribution is 2.30. The second-order valence-corrected chi connectivity index (χ2v) is 3.99. The predicted molar refractivity (Wildman–Crippen MR) is 55.3 cm³/mol. The highest BCUT2D eigenvalue weighted by Gasteiger charge is 2.35. The van der Waals surface area contributed by atoms with Gasteiger partial charge in [0.2, 0.25) is 5.91 Å². The summed E-state index contributed by atoms with van der Waals surface area (Å²) in [4.78, 5) is 12.9. The van der Waals surface area contributed by atoms with Crippen LogP contribution in [0.3, 0.4) is 0 Å². The lowest BCUT2D eigenvalue weighted by Crippen LogP contribution is -2.36. The van der Waals surface area contributed by atoms with Crippen molar-refractivity contribution in [2.24, 2.45) is 0 Å². The molecule has 92 valence electrons. The number of amides is 1. The molecule has 1 heterocycles. The molecule has 0 saturated heterocycles. The minimum absolute atomic E-state index is 0.0515. The van der Waals surface area contributed by atoms with Crippen molar-refractivity contribution in [1.29, 1.82) is 0 Å². The second kappa shape index (κ2) is 5.57. The Bertz CT molecular complexity index is 288. The number of carbonyl (C=O) groups excluding carboxylic acids is 1. The summed E-state index contributed by atoms with van der Waals surface area (Å²) >= 11 is 5.44. The van der Waals surface area contributed by atoms with Crippen molar-refractivity contribution in [2.45, 2.75) is 25.4 Å². The van der Waals surface area contributed by atoms with Crippen LogP contribution in [0.5, 0.6) is 0 Å². The number of nitrogens with zero attached hydrogens (tertiary/aromatic N) is 1. The molecular formula is C10H13ClF3NO. The van der Waals surface area contributed by atoms with Gasteiger partial charge in [-0.15, -0.1) is 11.6 Å². The van der Waals surface area contributed by atoms with E-state index >= 15 is 0 Å². The lowest BCUT2D eigenvalue weighted by Gasteiger charge is -2.27. The first-order chi connectivity index (χ1) is 7.45. The third kappa shape index (κ3) is 3.70. The lowest BCUT2D eigenvalue weighted by molar-refractivity contribution is -0.132. The maximum atomic E-state index is 12.3. The topological polar surface area (TPSA) is 20.3 Å². The molecule has 0 aromatic rings. The number of halogens is 4. The summed E-state index contributed by atoms with van der Waals surface area (Å²) in [6, 6.07) is 0. The SMILES string of the molecule is O=C(CCCCl)N1CC=C(C(F)(F)F)CC1. The summed E-state index contributed by atoms with van der Waals surface area (Å²) < 4.78 is 36.8. The largest absolute Gasteiger partial charge is 0.412 e. The normalized spacial score (nSPS) is 17.2. The van der Waals surface area contributed by atoms with Crippen LogP contribution in [-0.2, 0) is 4.79 Å². The average Bonchev–Trinajstić information content (AvgIpc) is 2.25. The first-order valence-electron chi connectivity index (χ1n) is 5.05. The fourth-order valence-corrected chi connectivity index (χ4v) is 1.66. The number of rotatable bonds is 3. The van der Waals surface area contributed by atoms with Gasteiger partial charge in [0.05, 0.1) is 0 Å². The third-order valence-corrected chi connectivity index (χ3v) is 2.72. The Hall–Kier alpha value is -0.710. The molecule has 1 amide bonds. The molecular weight excluding hydrogens is 243 g/mol. The molecule has 0 bridgehead atoms. The molecule has 0 aromatic carbocycles. The average molecular weight is 256 g/mol. The molecule has 0 spiro atoms. The summed E-state index contributed by atoms with van der Waals surface area (Å²) in [6.07, 6.45) is -2.42. The molecule has 0 radical (unpaired) electrons. The van der Waals surface area contributed by atoms with E-state index < -0.39 is 11.7 Å². The van der Waals surface area contributed by atoms with Crippen LogP contribution in [0.1, 0.15) is 19.3 Å². The molecule has 0 atom stereocenters. The zero-order valence-corrected chi connectivity index (χ0v) is 9.44. The number of hydrogen-bond donors (Lipinski definition) is 0. The van der Waals surface area contributed by atoms with E-state index in [0.29, 0.717) is 18.7 Å².